The lowest BCUT2D eigenvalue weighted by molar-refractivity contribution is -0.118. The van der Waals surface area contributed by atoms with E-state index in [1.165, 1.54) is 12.1 Å². The van der Waals surface area contributed by atoms with Crippen molar-refractivity contribution < 1.29 is 27.8 Å². The zero-order valence-corrected chi connectivity index (χ0v) is 47.1. The number of isothiocyanates is 1. The number of carbonyl (C=O) groups excluding carboxylic acids is 2. The van der Waals surface area contributed by atoms with Crippen molar-refractivity contribution in [2.24, 2.45) is 23.9 Å². The Balaban J connectivity index is 0.000000292. The number of amides is 2. The van der Waals surface area contributed by atoms with Crippen molar-refractivity contribution in [2.45, 2.75) is 101 Å². The van der Waals surface area contributed by atoms with E-state index in [1.54, 1.807) is 60.9 Å². The van der Waals surface area contributed by atoms with Crippen LogP contribution in [0, 0.1) is 23.5 Å². The van der Waals surface area contributed by atoms with Crippen molar-refractivity contribution in [3.63, 3.8) is 0 Å². The standard InChI is InChI=1S/C30H35FN6O2.C20H27N5O2.C10H10FNS.3CH4/c1-19(2)24-15-21(5-7-25(24)31)33-30-34-26-16-22(6-8-27(26)36(30)4)39-23-9-12-32-28(17-23)35-29(38)18-37-13-10-20(3)11-14-37;1-14-6-9-25(10-7-14)13-20(26)24-19-12-16(5-8-23-19)27-15-3-4-18(22-2)17(21)11-15;1-7(2)9-5-8(12-6-13)3-4-10(9)11;;;/h5-9,12,15-17,19-20H,10-11,13-14,18H2,1-4H3,(H,33,34)(H,32,35,38);3-5,8,11-12,14,22H,6-7,9-10,13,21H2,1-2H3,(H,23,24,26);3-5,7H,1-2H3;3*1H4. The molecule has 16 nitrogen and oxygen atoms in total. The van der Waals surface area contributed by atoms with Crippen LogP contribution in [0.2, 0.25) is 0 Å². The number of imidazole rings is 1. The highest BCUT2D eigenvalue weighted by molar-refractivity contribution is 7.78. The number of aromatic nitrogens is 4. The molecule has 7 aromatic rings. The Morgan fingerprint density at radius 3 is 1.68 bits per heavy atom. The molecule has 5 heterocycles. The van der Waals surface area contributed by atoms with E-state index in [1.807, 2.05) is 82.8 Å². The second-order valence-corrected chi connectivity index (χ2v) is 20.9. The number of thiocarbonyl (C=S) groups is 1. The molecule has 440 valence electrons. The van der Waals surface area contributed by atoms with Crippen LogP contribution in [0.3, 0.4) is 0 Å². The summed E-state index contributed by atoms with van der Waals surface area (Å²) >= 11 is 4.47. The van der Waals surface area contributed by atoms with Crippen LogP contribution in [0.1, 0.15) is 112 Å². The molecule has 2 fully saturated rings. The molecule has 2 saturated heterocycles. The fraction of sp³-hybridized carbons (Fsp3) is 0.397. The topological polar surface area (TPSA) is 189 Å². The van der Waals surface area contributed by atoms with Crippen molar-refractivity contribution in [3.8, 4) is 23.0 Å². The van der Waals surface area contributed by atoms with Crippen molar-refractivity contribution in [2.75, 3.05) is 73.3 Å². The fourth-order valence-electron chi connectivity index (χ4n) is 9.05. The summed E-state index contributed by atoms with van der Waals surface area (Å²) in [5, 5.41) is 14.3. The Kier molecular flexibility index (Phi) is 26.0. The van der Waals surface area contributed by atoms with E-state index < -0.39 is 0 Å². The molecule has 6 N–H and O–H groups in total. The molecule has 19 heteroatoms. The van der Waals surface area contributed by atoms with E-state index in [0.717, 1.165) is 86.1 Å². The molecule has 2 amide bonds. The van der Waals surface area contributed by atoms with E-state index in [9.17, 15) is 18.4 Å². The molecule has 4 aromatic carbocycles. The van der Waals surface area contributed by atoms with Crippen molar-refractivity contribution in [3.05, 3.63) is 132 Å². The number of nitrogens with zero attached hydrogens (tertiary/aromatic N) is 7. The summed E-state index contributed by atoms with van der Waals surface area (Å²) in [4.78, 5) is 46.2. The molecule has 2 aliphatic rings. The predicted molar refractivity (Wildman–Crippen MR) is 336 cm³/mol. The molecule has 2 aliphatic heterocycles. The maximum absolute atomic E-state index is 14.1. The van der Waals surface area contributed by atoms with Gasteiger partial charge < -0.3 is 41.0 Å². The average molecular weight is 1140 g/mol. The van der Waals surface area contributed by atoms with Crippen LogP contribution in [0.5, 0.6) is 23.0 Å². The van der Waals surface area contributed by atoms with Crippen molar-refractivity contribution >= 4 is 80.6 Å². The molecular formula is C63H84F2N12O4S. The average Bonchev–Trinajstić information content (AvgIpc) is 3.80. The summed E-state index contributed by atoms with van der Waals surface area (Å²) in [6.07, 6.45) is 7.76. The lowest BCUT2D eigenvalue weighted by Crippen LogP contribution is -2.38. The Bertz CT molecular complexity index is 3240. The summed E-state index contributed by atoms with van der Waals surface area (Å²) < 4.78 is 41.2. The number of likely N-dealkylation sites (tertiary alicyclic amines) is 2. The number of piperidine rings is 2. The van der Waals surface area contributed by atoms with Gasteiger partial charge in [-0.2, -0.15) is 4.99 Å². The summed E-state index contributed by atoms with van der Waals surface area (Å²) in [6.45, 7) is 16.9. The molecule has 0 unspecified atom stereocenters. The zero-order valence-electron chi connectivity index (χ0n) is 46.3. The van der Waals surface area contributed by atoms with Gasteiger partial charge in [-0.15, -0.1) is 0 Å². The van der Waals surface area contributed by atoms with E-state index >= 15 is 0 Å². The number of aliphatic imine (C=N–C) groups is 1. The number of ether oxygens (including phenoxy) is 2. The lowest BCUT2D eigenvalue weighted by Gasteiger charge is -2.29. The van der Waals surface area contributed by atoms with Gasteiger partial charge in [0.25, 0.3) is 0 Å². The quantitative estimate of drug-likeness (QED) is 0.0349. The number of anilines is 6. The van der Waals surface area contributed by atoms with Crippen LogP contribution in [0.25, 0.3) is 11.0 Å². The molecule has 0 spiro atoms. The number of hydrogen-bond donors (Lipinski definition) is 5. The third kappa shape index (κ3) is 19.4. The van der Waals surface area contributed by atoms with Gasteiger partial charge in [-0.1, -0.05) is 63.8 Å². The van der Waals surface area contributed by atoms with Gasteiger partial charge in [-0.3, -0.25) is 19.4 Å². The Morgan fingerprint density at radius 2 is 1.18 bits per heavy atom. The van der Waals surface area contributed by atoms with Gasteiger partial charge in [0, 0.05) is 56.4 Å². The summed E-state index contributed by atoms with van der Waals surface area (Å²) in [5.41, 5.74) is 11.8. The number of nitrogen functional groups attached to an aromatic ring is 1. The smallest absolute Gasteiger partial charge is 0.239 e. The molecule has 9 rings (SSSR count). The van der Waals surface area contributed by atoms with Crippen LogP contribution in [0.15, 0.2) is 114 Å². The first-order valence-electron chi connectivity index (χ1n) is 26.7. The minimum Gasteiger partial charge on any atom is -0.457 e. The SMILES string of the molecule is C.C.C.CC(C)c1cc(N=C=S)ccc1F.CC1CCN(CC(=O)Nc2cc(Oc3ccc4c(c3)nc(Nc3ccc(F)c(C(C)C)c3)n4C)ccn2)CC1.CNc1ccc(Oc2ccnc(NC(=O)CN3CCC(C)CC3)c2)cc1N. The molecule has 0 atom stereocenters. The molecule has 0 radical (unpaired) electrons. The molecule has 3 aromatic heterocycles. The largest absolute Gasteiger partial charge is 0.457 e. The molecule has 0 bridgehead atoms. The van der Waals surface area contributed by atoms with Gasteiger partial charge in [0.05, 0.1) is 46.3 Å². The second kappa shape index (κ2) is 32.0. The first-order valence-corrected chi connectivity index (χ1v) is 27.1. The fourth-order valence-corrected chi connectivity index (χ4v) is 9.15. The highest BCUT2D eigenvalue weighted by Gasteiger charge is 2.20. The minimum absolute atomic E-state index is 0. The van der Waals surface area contributed by atoms with Crippen LogP contribution in [-0.2, 0) is 16.6 Å². The second-order valence-electron chi connectivity index (χ2n) is 20.7. The van der Waals surface area contributed by atoms with E-state index in [2.05, 4.69) is 77.3 Å². The van der Waals surface area contributed by atoms with Gasteiger partial charge >= 0.3 is 0 Å². The number of nitrogens with two attached hydrogens (primary N) is 1. The summed E-state index contributed by atoms with van der Waals surface area (Å²) in [7, 11) is 3.74. The molecule has 0 aliphatic carbocycles. The summed E-state index contributed by atoms with van der Waals surface area (Å²) in [5.74, 6) is 5.11. The number of pyridine rings is 2. The number of fused-ring (bicyclic) bond motifs is 1. The van der Waals surface area contributed by atoms with E-state index in [0.29, 0.717) is 76.2 Å². The molecule has 0 saturated carbocycles. The molecule has 82 heavy (non-hydrogen) atoms. The Morgan fingerprint density at radius 1 is 0.695 bits per heavy atom. The van der Waals surface area contributed by atoms with Gasteiger partial charge in [0.15, 0.2) is 0 Å². The van der Waals surface area contributed by atoms with Gasteiger partial charge in [-0.05, 0) is 172 Å². The van der Waals surface area contributed by atoms with E-state index in [4.69, 9.17) is 20.2 Å². The Labute approximate surface area is 489 Å². The third-order valence-corrected chi connectivity index (χ3v) is 13.8. The third-order valence-electron chi connectivity index (χ3n) is 13.8. The number of rotatable bonds is 16. The molecular weight excluding hydrogens is 1060 g/mol. The first-order chi connectivity index (χ1) is 37.9. The van der Waals surface area contributed by atoms with Crippen molar-refractivity contribution in [1.29, 1.82) is 0 Å². The van der Waals surface area contributed by atoms with Crippen LogP contribution in [-0.4, -0.2) is 92.6 Å². The number of benzene rings is 4. The lowest BCUT2D eigenvalue weighted by atomic mass is 9.99. The highest BCUT2D eigenvalue weighted by atomic mass is 32.1. The number of halogens is 2. The van der Waals surface area contributed by atoms with Crippen molar-refractivity contribution in [1.82, 2.24) is 29.3 Å². The van der Waals surface area contributed by atoms with Crippen LogP contribution in [0.4, 0.5) is 49.1 Å². The predicted octanol–water partition coefficient (Wildman–Crippen LogP) is 15.2. The van der Waals surface area contributed by atoms with Crippen LogP contribution >= 0.6 is 12.2 Å². The van der Waals surface area contributed by atoms with Gasteiger partial charge in [0.1, 0.15) is 46.3 Å². The number of nitrogens with one attached hydrogen (secondary N) is 4. The van der Waals surface area contributed by atoms with Gasteiger partial charge in [0.2, 0.25) is 17.8 Å². The number of hydrogen-bond acceptors (Lipinski definition) is 14. The number of aryl methyl sites for hydroxylation is 1. The van der Waals surface area contributed by atoms with Gasteiger partial charge in [-0.25, -0.2) is 23.7 Å². The van der Waals surface area contributed by atoms with Crippen LogP contribution < -0.4 is 36.5 Å². The summed E-state index contributed by atoms with van der Waals surface area (Å²) in [6, 6.07) is 27.7. The Hall–Kier alpha value is -7.83. The maximum atomic E-state index is 14.1. The monoisotopic (exact) mass is 1140 g/mol. The zero-order chi connectivity index (χ0) is 56.6. The van der Waals surface area contributed by atoms with E-state index in [-0.39, 0.29) is 57.6 Å². The first kappa shape index (κ1) is 66.7. The maximum Gasteiger partial charge on any atom is 0.239 e. The highest BCUT2D eigenvalue weighted by Crippen LogP contribution is 2.32. The normalized spacial score (nSPS) is 13.6. The minimum atomic E-state index is -0.210. The number of carbonyl (C=O) groups is 2.